The largest absolute Gasteiger partial charge is 0.507 e. The van der Waals surface area contributed by atoms with Gasteiger partial charge in [0.15, 0.2) is 0 Å². The molecule has 1 saturated heterocycles. The van der Waals surface area contributed by atoms with Crippen LogP contribution in [0.4, 0.5) is 5.69 Å². The van der Waals surface area contributed by atoms with Crippen molar-refractivity contribution < 1.29 is 23.8 Å². The van der Waals surface area contributed by atoms with Gasteiger partial charge in [-0.25, -0.2) is 0 Å². The zero-order chi connectivity index (χ0) is 21.5. The molecule has 0 bridgehead atoms. The van der Waals surface area contributed by atoms with Gasteiger partial charge in [-0.05, 0) is 42.5 Å². The Labute approximate surface area is 177 Å². The number of H-pyrrole nitrogens is 1. The van der Waals surface area contributed by atoms with Crippen LogP contribution in [0, 0.1) is 0 Å². The van der Waals surface area contributed by atoms with Gasteiger partial charge >= 0.3 is 0 Å². The first-order chi connectivity index (χ1) is 15.1. The first kappa shape index (κ1) is 18.7. The maximum Gasteiger partial charge on any atom is 0.300 e. The Kier molecular flexibility index (Phi) is 4.36. The van der Waals surface area contributed by atoms with E-state index < -0.39 is 17.7 Å². The number of anilines is 1. The summed E-state index contributed by atoms with van der Waals surface area (Å²) in [7, 11) is 1.55. The van der Waals surface area contributed by atoms with Crippen molar-refractivity contribution in [1.82, 2.24) is 4.98 Å². The molecule has 31 heavy (non-hydrogen) atoms. The average Bonchev–Trinajstić information content (AvgIpc) is 3.53. The van der Waals surface area contributed by atoms with Crippen molar-refractivity contribution in [1.29, 1.82) is 0 Å². The van der Waals surface area contributed by atoms with E-state index in [0.29, 0.717) is 22.8 Å². The number of methoxy groups -OCH3 is 1. The number of fused-ring (bicyclic) bond motifs is 1. The number of Topliss-reactive ketones (excluding diaryl/α,β-unsaturated/α-hetero) is 1. The van der Waals surface area contributed by atoms with Crippen molar-refractivity contribution in [3.63, 3.8) is 0 Å². The highest BCUT2D eigenvalue weighted by atomic mass is 16.5. The number of carbonyl (C=O) groups excluding carboxylic acids is 2. The van der Waals surface area contributed by atoms with Gasteiger partial charge in [-0.2, -0.15) is 0 Å². The van der Waals surface area contributed by atoms with Crippen LogP contribution in [0.25, 0.3) is 16.7 Å². The van der Waals surface area contributed by atoms with Crippen LogP contribution >= 0.6 is 0 Å². The zero-order valence-corrected chi connectivity index (χ0v) is 16.5. The lowest BCUT2D eigenvalue weighted by Crippen LogP contribution is -2.29. The lowest BCUT2D eigenvalue weighted by molar-refractivity contribution is -0.132. The second kappa shape index (κ2) is 7.21. The number of aliphatic hydroxyl groups excluding tert-OH is 1. The molecule has 5 rings (SSSR count). The third-order valence-corrected chi connectivity index (χ3v) is 5.45. The number of carbonyl (C=O) groups is 2. The van der Waals surface area contributed by atoms with E-state index in [9.17, 15) is 14.7 Å². The molecule has 1 amide bonds. The van der Waals surface area contributed by atoms with E-state index in [-0.39, 0.29) is 11.3 Å². The number of nitrogens with zero attached hydrogens (tertiary/aromatic N) is 1. The molecule has 4 aromatic rings. The molecule has 0 radical (unpaired) electrons. The SMILES string of the molecule is COc1ccc(N2C(=O)C(=O)/C(=C(\O)c3c[nH]c4ccccc34)C2c2ccco2)cc1. The predicted octanol–water partition coefficient (Wildman–Crippen LogP) is 4.40. The Balaban J connectivity index is 1.71. The van der Waals surface area contributed by atoms with Crippen LogP contribution in [0.5, 0.6) is 5.75 Å². The number of hydrogen-bond donors (Lipinski definition) is 2. The van der Waals surface area contributed by atoms with E-state index >= 15 is 0 Å². The summed E-state index contributed by atoms with van der Waals surface area (Å²) in [6.45, 7) is 0. The van der Waals surface area contributed by atoms with E-state index in [1.807, 2.05) is 24.3 Å². The molecule has 2 N–H and O–H groups in total. The third-order valence-electron chi connectivity index (χ3n) is 5.45. The fourth-order valence-corrected chi connectivity index (χ4v) is 3.97. The lowest BCUT2D eigenvalue weighted by Gasteiger charge is -2.23. The second-order valence-corrected chi connectivity index (χ2v) is 7.13. The highest BCUT2D eigenvalue weighted by molar-refractivity contribution is 6.51. The first-order valence-corrected chi connectivity index (χ1v) is 9.65. The number of aromatic nitrogens is 1. The molecule has 2 aromatic heterocycles. The molecular weight excluding hydrogens is 396 g/mol. The van der Waals surface area contributed by atoms with Gasteiger partial charge in [0.05, 0.1) is 18.9 Å². The number of rotatable bonds is 4. The van der Waals surface area contributed by atoms with Crippen LogP contribution in [-0.4, -0.2) is 28.9 Å². The van der Waals surface area contributed by atoms with Crippen LogP contribution in [0.2, 0.25) is 0 Å². The van der Waals surface area contributed by atoms with Crippen LogP contribution in [-0.2, 0) is 9.59 Å². The fourth-order valence-electron chi connectivity index (χ4n) is 3.97. The lowest BCUT2D eigenvalue weighted by atomic mass is 9.99. The van der Waals surface area contributed by atoms with Gasteiger partial charge in [0, 0.05) is 28.4 Å². The number of amides is 1. The Morgan fingerprint density at radius 1 is 1.06 bits per heavy atom. The van der Waals surface area contributed by atoms with Gasteiger partial charge in [0.1, 0.15) is 23.3 Å². The number of aliphatic hydroxyl groups is 1. The molecule has 1 aliphatic rings. The molecular formula is C24H18N2O5. The van der Waals surface area contributed by atoms with E-state index in [1.165, 1.54) is 11.2 Å². The smallest absolute Gasteiger partial charge is 0.300 e. The minimum atomic E-state index is -0.906. The monoisotopic (exact) mass is 414 g/mol. The predicted molar refractivity (Wildman–Crippen MR) is 115 cm³/mol. The normalized spacial score (nSPS) is 18.1. The highest BCUT2D eigenvalue weighted by Crippen LogP contribution is 2.43. The topological polar surface area (TPSA) is 95.8 Å². The second-order valence-electron chi connectivity index (χ2n) is 7.13. The van der Waals surface area contributed by atoms with Gasteiger partial charge in [-0.15, -0.1) is 0 Å². The van der Waals surface area contributed by atoms with E-state index in [4.69, 9.17) is 9.15 Å². The minimum absolute atomic E-state index is 0.0273. The maximum atomic E-state index is 13.1. The zero-order valence-electron chi connectivity index (χ0n) is 16.5. The van der Waals surface area contributed by atoms with Crippen LogP contribution in [0.3, 0.4) is 0 Å². The van der Waals surface area contributed by atoms with E-state index in [2.05, 4.69) is 4.98 Å². The third kappa shape index (κ3) is 2.90. The molecule has 1 unspecified atom stereocenters. The molecule has 7 nitrogen and oxygen atoms in total. The summed E-state index contributed by atoms with van der Waals surface area (Å²) < 4.78 is 10.8. The molecule has 2 aromatic carbocycles. The van der Waals surface area contributed by atoms with Crippen LogP contribution in [0.15, 0.2) is 83.1 Å². The molecule has 1 fully saturated rings. The van der Waals surface area contributed by atoms with E-state index in [1.54, 1.807) is 49.7 Å². The summed E-state index contributed by atoms with van der Waals surface area (Å²) >= 11 is 0. The summed E-state index contributed by atoms with van der Waals surface area (Å²) in [5.74, 6) is -0.786. The fraction of sp³-hybridized carbons (Fsp3) is 0.0833. The van der Waals surface area contributed by atoms with Crippen molar-refractivity contribution in [3.05, 3.63) is 90.0 Å². The summed E-state index contributed by atoms with van der Waals surface area (Å²) in [6.07, 6.45) is 3.09. The number of ether oxygens (including phenoxy) is 1. The molecule has 154 valence electrons. The van der Waals surface area contributed by atoms with Gasteiger partial charge in [0.25, 0.3) is 11.7 Å². The Morgan fingerprint density at radius 3 is 2.55 bits per heavy atom. The molecule has 0 aliphatic carbocycles. The van der Waals surface area contributed by atoms with Crippen molar-refractivity contribution in [3.8, 4) is 5.75 Å². The molecule has 7 heteroatoms. The Bertz CT molecular complexity index is 1320. The van der Waals surface area contributed by atoms with Crippen LogP contribution < -0.4 is 9.64 Å². The Hall–Kier alpha value is -4.26. The van der Waals surface area contributed by atoms with Gasteiger partial charge < -0.3 is 19.2 Å². The number of nitrogens with one attached hydrogen (secondary N) is 1. The van der Waals surface area contributed by atoms with E-state index in [0.717, 1.165) is 10.9 Å². The molecule has 1 atom stereocenters. The molecule has 1 aliphatic heterocycles. The van der Waals surface area contributed by atoms with Gasteiger partial charge in [0.2, 0.25) is 0 Å². The summed E-state index contributed by atoms with van der Waals surface area (Å²) in [5.41, 5.74) is 1.71. The van der Waals surface area contributed by atoms with Crippen molar-refractivity contribution >= 4 is 34.0 Å². The van der Waals surface area contributed by atoms with Gasteiger partial charge in [-0.1, -0.05) is 18.2 Å². The van der Waals surface area contributed by atoms with Crippen molar-refractivity contribution in [2.45, 2.75) is 6.04 Å². The van der Waals surface area contributed by atoms with Gasteiger partial charge in [-0.3, -0.25) is 14.5 Å². The number of aromatic amines is 1. The number of ketones is 1. The maximum absolute atomic E-state index is 13.1. The quantitative estimate of drug-likeness (QED) is 0.293. The summed E-state index contributed by atoms with van der Waals surface area (Å²) in [5, 5.41) is 12.0. The van der Waals surface area contributed by atoms with Crippen molar-refractivity contribution in [2.75, 3.05) is 12.0 Å². The summed E-state index contributed by atoms with van der Waals surface area (Å²) in [4.78, 5) is 30.6. The van der Waals surface area contributed by atoms with Crippen LogP contribution in [0.1, 0.15) is 17.4 Å². The number of benzene rings is 2. The average molecular weight is 414 g/mol. The number of hydrogen-bond acceptors (Lipinski definition) is 5. The summed E-state index contributed by atoms with van der Waals surface area (Å²) in [6, 6.07) is 16.6. The minimum Gasteiger partial charge on any atom is -0.507 e. The molecule has 0 saturated carbocycles. The molecule has 3 heterocycles. The standard InChI is InChI=1S/C24H18N2O5/c1-30-15-10-8-14(9-11-15)26-21(19-7-4-12-31-19)20(23(28)24(26)29)22(27)17-13-25-18-6-3-2-5-16(17)18/h2-13,21,25,27H,1H3/b22-20-. The number of para-hydroxylation sites is 1. The van der Waals surface area contributed by atoms with Crippen molar-refractivity contribution in [2.24, 2.45) is 0 Å². The number of furan rings is 1. The Morgan fingerprint density at radius 2 is 1.84 bits per heavy atom. The molecule has 0 spiro atoms. The highest BCUT2D eigenvalue weighted by Gasteiger charge is 2.48. The first-order valence-electron chi connectivity index (χ1n) is 9.65.